The summed E-state index contributed by atoms with van der Waals surface area (Å²) in [4.78, 5) is 25.1. The van der Waals surface area contributed by atoms with Crippen LogP contribution in [0.5, 0.6) is 0 Å². The van der Waals surface area contributed by atoms with Crippen molar-refractivity contribution in [3.8, 4) is 0 Å². The van der Waals surface area contributed by atoms with Crippen molar-refractivity contribution in [2.75, 3.05) is 133 Å². The predicted octanol–water partition coefficient (Wildman–Crippen LogP) is 7.13. The highest BCUT2D eigenvalue weighted by Gasteiger charge is 2.27. The van der Waals surface area contributed by atoms with E-state index in [0.29, 0.717) is 78.0 Å². The van der Waals surface area contributed by atoms with Crippen molar-refractivity contribution >= 4 is 11.8 Å². The van der Waals surface area contributed by atoms with E-state index in [0.717, 1.165) is 110 Å². The van der Waals surface area contributed by atoms with Crippen LogP contribution in [0.3, 0.4) is 0 Å². The first kappa shape index (κ1) is 67.5. The molecule has 8 N–H and O–H groups in total. The average Bonchev–Trinajstić information content (AvgIpc) is 3.38. The van der Waals surface area contributed by atoms with Gasteiger partial charge in [0.05, 0.1) is 58.9 Å². The number of carbonyl (C=O) groups is 2. The highest BCUT2D eigenvalue weighted by Crippen LogP contribution is 2.29. The molecule has 0 aromatic carbocycles. The molecule has 1 saturated carbocycles. The van der Waals surface area contributed by atoms with Crippen molar-refractivity contribution in [3.05, 3.63) is 0 Å². The van der Waals surface area contributed by atoms with Crippen molar-refractivity contribution in [2.45, 2.75) is 199 Å². The number of nitrogens with one attached hydrogen (secondary N) is 6. The Labute approximate surface area is 433 Å². The first-order valence-corrected chi connectivity index (χ1v) is 29.1. The maximum absolute atomic E-state index is 13.2. The minimum atomic E-state index is -0.345. The monoisotopic (exact) mass is 1020 g/mol. The molecule has 71 heavy (non-hydrogen) atoms. The standard InChI is InChI=1S/C55H112N6O10/c1-3-52(56-2)25-20-22-33-60-54(64)47-69-44-43-68-40-36-58-35-39-67-42-41-66-38-34-57-32-24-26-53(46-71-49-63)61-55(65)51-29-27-50(28-30-51)45-59-31-21-18-16-14-12-10-8-6-4-5-7-9-11-13-15-17-19-23-37-70-48-62/h50-53,56-59,62-63H,3-49H2,1-2H3,(H,60,64)(H,61,65)/t50?,51?,52-,53?/m1/s1. The minimum Gasteiger partial charge on any atom is -0.378 e. The third-order valence-electron chi connectivity index (χ3n) is 13.7. The van der Waals surface area contributed by atoms with Gasteiger partial charge in [0.15, 0.2) is 0 Å². The summed E-state index contributed by atoms with van der Waals surface area (Å²) in [5.74, 6) is 0.768. The van der Waals surface area contributed by atoms with Gasteiger partial charge in [-0.25, -0.2) is 0 Å². The van der Waals surface area contributed by atoms with Crippen LogP contribution in [0.25, 0.3) is 0 Å². The molecule has 0 aromatic rings. The van der Waals surface area contributed by atoms with E-state index in [-0.39, 0.29) is 44.0 Å². The molecular formula is C55H112N6O10. The van der Waals surface area contributed by atoms with Crippen LogP contribution >= 0.6 is 0 Å². The Balaban J connectivity index is 1.88. The van der Waals surface area contributed by atoms with Crippen LogP contribution in [0.15, 0.2) is 0 Å². The molecule has 1 fully saturated rings. The van der Waals surface area contributed by atoms with E-state index in [4.69, 9.17) is 33.5 Å². The molecule has 0 heterocycles. The van der Waals surface area contributed by atoms with E-state index in [2.05, 4.69) is 38.8 Å². The van der Waals surface area contributed by atoms with Crippen molar-refractivity contribution < 1.29 is 48.2 Å². The lowest BCUT2D eigenvalue weighted by atomic mass is 9.81. The van der Waals surface area contributed by atoms with E-state index in [9.17, 15) is 14.7 Å². The van der Waals surface area contributed by atoms with Gasteiger partial charge in [-0.3, -0.25) is 9.59 Å². The second-order valence-electron chi connectivity index (χ2n) is 19.8. The third kappa shape index (κ3) is 46.7. The van der Waals surface area contributed by atoms with Gasteiger partial charge in [0, 0.05) is 44.7 Å². The Kier molecular flexibility index (Phi) is 52.0. The number of aliphatic hydroxyl groups is 2. The SMILES string of the molecule is CC[C@H](CCCCNC(=O)COCCOCCNCCOCCOCCNCCCC(COCO)NC(=O)C1CCC(CNCCCCCCCCCCCCCCCCCCCCOCO)CC1)NC. The van der Waals surface area contributed by atoms with Gasteiger partial charge in [-0.15, -0.1) is 0 Å². The van der Waals surface area contributed by atoms with Crippen LogP contribution in [0.4, 0.5) is 0 Å². The number of ether oxygens (including phenoxy) is 6. The van der Waals surface area contributed by atoms with Crippen molar-refractivity contribution in [3.63, 3.8) is 0 Å². The van der Waals surface area contributed by atoms with Crippen molar-refractivity contribution in [2.24, 2.45) is 11.8 Å². The molecule has 16 heteroatoms. The Morgan fingerprint density at radius 2 is 0.958 bits per heavy atom. The summed E-state index contributed by atoms with van der Waals surface area (Å²) in [6, 6.07) is 0.445. The zero-order valence-corrected chi connectivity index (χ0v) is 45.7. The Bertz CT molecular complexity index is 1110. The smallest absolute Gasteiger partial charge is 0.245 e. The molecule has 0 bridgehead atoms. The number of rotatable bonds is 57. The molecule has 1 aliphatic carbocycles. The second-order valence-corrected chi connectivity index (χ2v) is 19.8. The van der Waals surface area contributed by atoms with E-state index < -0.39 is 0 Å². The van der Waals surface area contributed by atoms with Gasteiger partial charge < -0.3 is 70.5 Å². The van der Waals surface area contributed by atoms with Gasteiger partial charge >= 0.3 is 0 Å². The lowest BCUT2D eigenvalue weighted by molar-refractivity contribution is -0.128. The van der Waals surface area contributed by atoms with Gasteiger partial charge in [-0.2, -0.15) is 0 Å². The zero-order chi connectivity index (χ0) is 51.2. The molecule has 16 nitrogen and oxygen atoms in total. The summed E-state index contributed by atoms with van der Waals surface area (Å²) in [7, 11) is 2.00. The van der Waals surface area contributed by atoms with Crippen molar-refractivity contribution in [1.29, 1.82) is 0 Å². The van der Waals surface area contributed by atoms with Crippen LogP contribution in [0.1, 0.15) is 187 Å². The molecular weight excluding hydrogens is 905 g/mol. The highest BCUT2D eigenvalue weighted by atomic mass is 16.6. The largest absolute Gasteiger partial charge is 0.378 e. The third-order valence-corrected chi connectivity index (χ3v) is 13.7. The Morgan fingerprint density at radius 3 is 1.49 bits per heavy atom. The summed E-state index contributed by atoms with van der Waals surface area (Å²) in [5.41, 5.74) is 0. The summed E-state index contributed by atoms with van der Waals surface area (Å²) in [6.07, 6.45) is 34.3. The topological polar surface area (TPSA) is 202 Å². The molecule has 1 rings (SSSR count). The summed E-state index contributed by atoms with van der Waals surface area (Å²) < 4.78 is 32.6. The van der Waals surface area contributed by atoms with Gasteiger partial charge in [0.2, 0.25) is 11.8 Å². The molecule has 0 saturated heterocycles. The lowest BCUT2D eigenvalue weighted by Crippen LogP contribution is -2.43. The molecule has 1 unspecified atom stereocenters. The maximum atomic E-state index is 13.2. The van der Waals surface area contributed by atoms with Gasteiger partial charge in [0.25, 0.3) is 0 Å². The molecule has 0 aliphatic heterocycles. The van der Waals surface area contributed by atoms with E-state index in [1.165, 1.54) is 109 Å². The van der Waals surface area contributed by atoms with Gasteiger partial charge in [-0.05, 0) is 103 Å². The van der Waals surface area contributed by atoms with Crippen molar-refractivity contribution in [1.82, 2.24) is 31.9 Å². The molecule has 422 valence electrons. The zero-order valence-electron chi connectivity index (χ0n) is 45.7. The van der Waals surface area contributed by atoms with Gasteiger partial charge in [-0.1, -0.05) is 116 Å². The van der Waals surface area contributed by atoms with E-state index >= 15 is 0 Å². The normalized spacial score (nSPS) is 15.8. The fourth-order valence-electron chi connectivity index (χ4n) is 9.20. The van der Waals surface area contributed by atoms with Crippen LogP contribution in [0, 0.1) is 11.8 Å². The van der Waals surface area contributed by atoms with Crippen LogP contribution < -0.4 is 31.9 Å². The first-order valence-electron chi connectivity index (χ1n) is 29.1. The Morgan fingerprint density at radius 1 is 0.479 bits per heavy atom. The van der Waals surface area contributed by atoms with E-state index in [1.807, 2.05) is 7.05 Å². The number of amides is 2. The van der Waals surface area contributed by atoms with Gasteiger partial charge in [0.1, 0.15) is 20.2 Å². The Hall–Kier alpha value is -1.54. The predicted molar refractivity (Wildman–Crippen MR) is 288 cm³/mol. The number of hydrogen-bond acceptors (Lipinski definition) is 14. The van der Waals surface area contributed by atoms with Crippen LogP contribution in [-0.2, 0) is 38.0 Å². The number of hydrogen-bond donors (Lipinski definition) is 8. The summed E-state index contributed by atoms with van der Waals surface area (Å²) in [6.45, 7) is 12.3. The lowest BCUT2D eigenvalue weighted by Gasteiger charge is -2.29. The highest BCUT2D eigenvalue weighted by molar-refractivity contribution is 5.79. The molecule has 2 amide bonds. The molecule has 0 radical (unpaired) electrons. The maximum Gasteiger partial charge on any atom is 0.245 e. The second kappa shape index (κ2) is 54.7. The number of unbranched alkanes of at least 4 members (excludes halogenated alkanes) is 18. The fraction of sp³-hybridized carbons (Fsp3) is 0.964. The summed E-state index contributed by atoms with van der Waals surface area (Å²) in [5, 5.41) is 37.7. The molecule has 2 atom stereocenters. The molecule has 0 spiro atoms. The molecule has 0 aromatic heterocycles. The fourth-order valence-corrected chi connectivity index (χ4v) is 9.20. The van der Waals surface area contributed by atoms with Crippen LogP contribution in [0.2, 0.25) is 0 Å². The number of carbonyl (C=O) groups excluding carboxylic acids is 2. The quantitative estimate of drug-likeness (QED) is 0.0226. The molecule has 1 aliphatic rings. The minimum absolute atomic E-state index is 0.0614. The first-order chi connectivity index (χ1) is 35.0. The average molecular weight is 1020 g/mol. The van der Waals surface area contributed by atoms with E-state index in [1.54, 1.807) is 0 Å². The summed E-state index contributed by atoms with van der Waals surface area (Å²) >= 11 is 0. The number of aliphatic hydroxyl groups excluding tert-OH is 2. The van der Waals surface area contributed by atoms with Crippen LogP contribution in [-0.4, -0.2) is 167 Å².